The van der Waals surface area contributed by atoms with Crippen LogP contribution in [-0.4, -0.2) is 25.7 Å². The van der Waals surface area contributed by atoms with Crippen LogP contribution in [0, 0.1) is 5.41 Å². The van der Waals surface area contributed by atoms with Crippen molar-refractivity contribution in [3.63, 3.8) is 0 Å². The van der Waals surface area contributed by atoms with Crippen molar-refractivity contribution in [3.05, 3.63) is 0 Å². The molecule has 0 saturated heterocycles. The maximum Gasteiger partial charge on any atom is 0.322 e. The molecule has 88 valence electrons. The van der Waals surface area contributed by atoms with Gasteiger partial charge in [0.15, 0.2) is 0 Å². The second-order valence-electron chi connectivity index (χ2n) is 4.57. The molecule has 0 bridgehead atoms. The largest absolute Gasteiger partial charge is 0.468 e. The first-order valence-electron chi connectivity index (χ1n) is 5.98. The molecule has 3 nitrogen and oxygen atoms in total. The van der Waals surface area contributed by atoms with Gasteiger partial charge < -0.3 is 10.1 Å². The van der Waals surface area contributed by atoms with Crippen LogP contribution < -0.4 is 5.32 Å². The van der Waals surface area contributed by atoms with Gasteiger partial charge in [-0.3, -0.25) is 4.79 Å². The second kappa shape index (κ2) is 5.50. The molecule has 1 N–H and O–H groups in total. The fraction of sp³-hybridized carbons (Fsp3) is 0.917. The standard InChI is InChI=1S/C12H23NO2/c1-4-10(11(14)15-3)13-9-12(5-2)7-6-8-12/h10,13H,4-9H2,1-3H3. The zero-order valence-corrected chi connectivity index (χ0v) is 10.1. The van der Waals surface area contributed by atoms with E-state index in [1.165, 1.54) is 32.8 Å². The molecule has 1 rings (SSSR count). The number of hydrogen-bond acceptors (Lipinski definition) is 3. The third-order valence-corrected chi connectivity index (χ3v) is 3.78. The quantitative estimate of drug-likeness (QED) is 0.687. The van der Waals surface area contributed by atoms with Crippen LogP contribution >= 0.6 is 0 Å². The highest BCUT2D eigenvalue weighted by molar-refractivity contribution is 5.75. The van der Waals surface area contributed by atoms with Gasteiger partial charge >= 0.3 is 5.97 Å². The van der Waals surface area contributed by atoms with Crippen LogP contribution in [0.5, 0.6) is 0 Å². The Balaban J connectivity index is 2.36. The number of carbonyl (C=O) groups excluding carboxylic acids is 1. The molecule has 1 saturated carbocycles. The number of carbonyl (C=O) groups is 1. The molecule has 3 heteroatoms. The van der Waals surface area contributed by atoms with Gasteiger partial charge in [-0.15, -0.1) is 0 Å². The number of hydrogen-bond donors (Lipinski definition) is 1. The van der Waals surface area contributed by atoms with Crippen LogP contribution in [-0.2, 0) is 9.53 Å². The molecule has 1 aliphatic rings. The Kier molecular flexibility index (Phi) is 4.58. The van der Waals surface area contributed by atoms with Crippen molar-refractivity contribution in [2.75, 3.05) is 13.7 Å². The summed E-state index contributed by atoms with van der Waals surface area (Å²) >= 11 is 0. The number of esters is 1. The molecule has 1 unspecified atom stereocenters. The van der Waals surface area contributed by atoms with E-state index in [9.17, 15) is 4.79 Å². The van der Waals surface area contributed by atoms with Crippen molar-refractivity contribution in [2.45, 2.75) is 52.0 Å². The zero-order valence-electron chi connectivity index (χ0n) is 10.1. The predicted octanol–water partition coefficient (Wildman–Crippen LogP) is 2.11. The minimum absolute atomic E-state index is 0.126. The summed E-state index contributed by atoms with van der Waals surface area (Å²) in [5, 5.41) is 3.34. The zero-order chi connectivity index (χ0) is 11.3. The lowest BCUT2D eigenvalue weighted by molar-refractivity contribution is -0.143. The van der Waals surface area contributed by atoms with Crippen LogP contribution in [0.25, 0.3) is 0 Å². The van der Waals surface area contributed by atoms with Gasteiger partial charge in [-0.2, -0.15) is 0 Å². The van der Waals surface area contributed by atoms with E-state index in [0.717, 1.165) is 13.0 Å². The van der Waals surface area contributed by atoms with Crippen molar-refractivity contribution in [1.29, 1.82) is 0 Å². The molecule has 0 radical (unpaired) electrons. The van der Waals surface area contributed by atoms with Crippen LogP contribution in [0.2, 0.25) is 0 Å². The summed E-state index contributed by atoms with van der Waals surface area (Å²) in [5.74, 6) is -0.136. The summed E-state index contributed by atoms with van der Waals surface area (Å²) in [7, 11) is 1.45. The Morgan fingerprint density at radius 3 is 2.47 bits per heavy atom. The summed E-state index contributed by atoms with van der Waals surface area (Å²) in [5.41, 5.74) is 0.460. The van der Waals surface area contributed by atoms with Crippen LogP contribution in [0.1, 0.15) is 46.0 Å². The van der Waals surface area contributed by atoms with Crippen molar-refractivity contribution < 1.29 is 9.53 Å². The van der Waals surface area contributed by atoms with Crippen molar-refractivity contribution >= 4 is 5.97 Å². The van der Waals surface area contributed by atoms with Gasteiger partial charge in [-0.25, -0.2) is 0 Å². The fourth-order valence-corrected chi connectivity index (χ4v) is 2.21. The molecule has 1 atom stereocenters. The van der Waals surface area contributed by atoms with Gasteiger partial charge in [-0.05, 0) is 31.1 Å². The number of ether oxygens (including phenoxy) is 1. The number of rotatable bonds is 6. The molecule has 0 aromatic heterocycles. The molecular weight excluding hydrogens is 190 g/mol. The topological polar surface area (TPSA) is 38.3 Å². The highest BCUT2D eigenvalue weighted by Gasteiger charge is 2.35. The Morgan fingerprint density at radius 2 is 2.13 bits per heavy atom. The van der Waals surface area contributed by atoms with Crippen LogP contribution in [0.3, 0.4) is 0 Å². The smallest absolute Gasteiger partial charge is 0.322 e. The molecule has 1 fully saturated rings. The lowest BCUT2D eigenvalue weighted by atomic mass is 9.67. The molecule has 15 heavy (non-hydrogen) atoms. The van der Waals surface area contributed by atoms with Gasteiger partial charge in [0.2, 0.25) is 0 Å². The molecular formula is C12H23NO2. The lowest BCUT2D eigenvalue weighted by Gasteiger charge is -2.42. The van der Waals surface area contributed by atoms with Gasteiger partial charge in [0.1, 0.15) is 6.04 Å². The molecule has 0 amide bonds. The van der Waals surface area contributed by atoms with E-state index in [2.05, 4.69) is 12.2 Å². The summed E-state index contributed by atoms with van der Waals surface area (Å²) in [6.07, 6.45) is 5.94. The molecule has 1 aliphatic carbocycles. The highest BCUT2D eigenvalue weighted by atomic mass is 16.5. The highest BCUT2D eigenvalue weighted by Crippen LogP contribution is 2.43. The van der Waals surface area contributed by atoms with Crippen LogP contribution in [0.15, 0.2) is 0 Å². The van der Waals surface area contributed by atoms with E-state index in [1.54, 1.807) is 0 Å². The first kappa shape index (κ1) is 12.5. The van der Waals surface area contributed by atoms with Gasteiger partial charge in [0, 0.05) is 6.54 Å². The molecule has 0 aromatic rings. The van der Waals surface area contributed by atoms with E-state index in [1.807, 2.05) is 6.92 Å². The van der Waals surface area contributed by atoms with E-state index >= 15 is 0 Å². The number of nitrogens with one attached hydrogen (secondary N) is 1. The van der Waals surface area contributed by atoms with E-state index < -0.39 is 0 Å². The minimum Gasteiger partial charge on any atom is -0.468 e. The van der Waals surface area contributed by atoms with E-state index in [0.29, 0.717) is 5.41 Å². The van der Waals surface area contributed by atoms with Gasteiger partial charge in [0.05, 0.1) is 7.11 Å². The Hall–Kier alpha value is -0.570. The average molecular weight is 213 g/mol. The first-order chi connectivity index (χ1) is 7.17. The van der Waals surface area contributed by atoms with Gasteiger partial charge in [0.25, 0.3) is 0 Å². The van der Waals surface area contributed by atoms with Crippen LogP contribution in [0.4, 0.5) is 0 Å². The Labute approximate surface area is 92.6 Å². The minimum atomic E-state index is -0.136. The third kappa shape index (κ3) is 2.94. The van der Waals surface area contributed by atoms with E-state index in [4.69, 9.17) is 4.74 Å². The first-order valence-corrected chi connectivity index (χ1v) is 5.98. The fourth-order valence-electron chi connectivity index (χ4n) is 2.21. The van der Waals surface area contributed by atoms with E-state index in [-0.39, 0.29) is 12.0 Å². The van der Waals surface area contributed by atoms with Crippen molar-refractivity contribution in [1.82, 2.24) is 5.32 Å². The Morgan fingerprint density at radius 1 is 1.47 bits per heavy atom. The average Bonchev–Trinajstić information content (AvgIpc) is 2.21. The molecule has 0 aliphatic heterocycles. The predicted molar refractivity (Wildman–Crippen MR) is 60.7 cm³/mol. The van der Waals surface area contributed by atoms with Crippen molar-refractivity contribution in [2.24, 2.45) is 5.41 Å². The second-order valence-corrected chi connectivity index (χ2v) is 4.57. The number of methoxy groups -OCH3 is 1. The molecule has 0 spiro atoms. The molecule has 0 heterocycles. The summed E-state index contributed by atoms with van der Waals surface area (Å²) in [6, 6.07) is -0.126. The Bertz CT molecular complexity index is 206. The maximum atomic E-state index is 11.4. The summed E-state index contributed by atoms with van der Waals surface area (Å²) in [6.45, 7) is 5.20. The SMILES string of the molecule is CCC(NCC1(CC)CCC1)C(=O)OC. The summed E-state index contributed by atoms with van der Waals surface area (Å²) in [4.78, 5) is 11.4. The normalized spacial score (nSPS) is 20.5. The van der Waals surface area contributed by atoms with Crippen molar-refractivity contribution in [3.8, 4) is 0 Å². The monoisotopic (exact) mass is 213 g/mol. The third-order valence-electron chi connectivity index (χ3n) is 3.78. The summed E-state index contributed by atoms with van der Waals surface area (Å²) < 4.78 is 4.75. The maximum absolute atomic E-state index is 11.4. The van der Waals surface area contributed by atoms with Gasteiger partial charge in [-0.1, -0.05) is 20.3 Å². The lowest BCUT2D eigenvalue weighted by Crippen LogP contribution is -2.46. The molecule has 0 aromatic carbocycles.